The first-order valence-corrected chi connectivity index (χ1v) is 11.0. The molecule has 1 fully saturated rings. The molecule has 1 atom stereocenters. The van der Waals surface area contributed by atoms with Crippen molar-refractivity contribution in [1.29, 1.82) is 0 Å². The minimum atomic E-state index is -0.647. The Kier molecular flexibility index (Phi) is 7.82. The molecule has 1 unspecified atom stereocenters. The van der Waals surface area contributed by atoms with E-state index in [9.17, 15) is 19.7 Å². The lowest BCUT2D eigenvalue weighted by atomic mass is 10.2. The maximum Gasteiger partial charge on any atom is 0.296 e. The third-order valence-electron chi connectivity index (χ3n) is 4.78. The van der Waals surface area contributed by atoms with Crippen molar-refractivity contribution >= 4 is 45.8 Å². The number of carbonyl (C=O) groups excluding carboxylic acids is 2. The highest BCUT2D eigenvalue weighted by molar-refractivity contribution is 8.15. The second-order valence-corrected chi connectivity index (χ2v) is 8.24. The quantitative estimate of drug-likeness (QED) is 0.443. The van der Waals surface area contributed by atoms with Crippen LogP contribution >= 0.6 is 11.8 Å². The summed E-state index contributed by atoms with van der Waals surface area (Å²) in [5.41, 5.74) is 0.500. The molecule has 0 aliphatic carbocycles. The fraction of sp³-hybridized carbons (Fsp3) is 0.318. The number of carbonyl (C=O) groups is 2. The van der Waals surface area contributed by atoms with Gasteiger partial charge in [-0.1, -0.05) is 43.3 Å². The van der Waals surface area contributed by atoms with E-state index in [4.69, 9.17) is 4.74 Å². The number of amidine groups is 1. The van der Waals surface area contributed by atoms with E-state index in [1.807, 2.05) is 37.3 Å². The Morgan fingerprint density at radius 2 is 2.03 bits per heavy atom. The van der Waals surface area contributed by atoms with E-state index in [0.29, 0.717) is 17.5 Å². The number of nitro benzene ring substituents is 1. The Morgan fingerprint density at radius 3 is 2.69 bits per heavy atom. The van der Waals surface area contributed by atoms with Gasteiger partial charge in [-0.15, -0.1) is 0 Å². The lowest BCUT2D eigenvalue weighted by Crippen LogP contribution is -2.34. The number of para-hydroxylation sites is 1. The van der Waals surface area contributed by atoms with E-state index in [0.717, 1.165) is 18.5 Å². The van der Waals surface area contributed by atoms with Gasteiger partial charge >= 0.3 is 0 Å². The predicted octanol–water partition coefficient (Wildman–Crippen LogP) is 4.36. The summed E-state index contributed by atoms with van der Waals surface area (Å²) in [6, 6.07) is 13.5. The number of nitrogens with zero attached hydrogens (tertiary/aromatic N) is 3. The first-order valence-electron chi connectivity index (χ1n) is 10.2. The van der Waals surface area contributed by atoms with Gasteiger partial charge in [0, 0.05) is 13.0 Å². The Morgan fingerprint density at radius 1 is 1.28 bits per heavy atom. The molecule has 0 saturated carbocycles. The van der Waals surface area contributed by atoms with Crippen molar-refractivity contribution in [2.45, 2.75) is 31.4 Å². The molecular weight excluding hydrogens is 432 g/mol. The topological polar surface area (TPSA) is 114 Å². The Hall–Kier alpha value is -3.40. The molecule has 1 heterocycles. The summed E-state index contributed by atoms with van der Waals surface area (Å²) in [6.07, 6.45) is 1.61. The van der Waals surface area contributed by atoms with Crippen LogP contribution in [0.1, 0.15) is 26.2 Å². The highest BCUT2D eigenvalue weighted by Gasteiger charge is 2.39. The monoisotopic (exact) mass is 456 g/mol. The average molecular weight is 457 g/mol. The molecular formula is C22H24N4O5S. The number of anilines is 1. The minimum Gasteiger partial charge on any atom is -0.496 e. The number of methoxy groups -OCH3 is 1. The lowest BCUT2D eigenvalue weighted by molar-refractivity contribution is -0.384. The zero-order valence-electron chi connectivity index (χ0n) is 17.8. The predicted molar refractivity (Wildman–Crippen MR) is 124 cm³/mol. The zero-order chi connectivity index (χ0) is 23.1. The molecule has 1 aliphatic heterocycles. The summed E-state index contributed by atoms with van der Waals surface area (Å²) >= 11 is 1.24. The second kappa shape index (κ2) is 10.8. The molecule has 0 aromatic heterocycles. The van der Waals surface area contributed by atoms with Crippen molar-refractivity contribution < 1.29 is 19.2 Å². The Balaban J connectivity index is 1.75. The third-order valence-corrected chi connectivity index (χ3v) is 5.96. The molecule has 3 rings (SSSR count). The van der Waals surface area contributed by atoms with E-state index in [1.54, 1.807) is 4.90 Å². The summed E-state index contributed by atoms with van der Waals surface area (Å²) in [5.74, 6) is -0.359. The number of benzene rings is 2. The fourth-order valence-corrected chi connectivity index (χ4v) is 4.31. The van der Waals surface area contributed by atoms with E-state index < -0.39 is 16.1 Å². The van der Waals surface area contributed by atoms with Crippen LogP contribution in [-0.4, -0.2) is 45.7 Å². The van der Waals surface area contributed by atoms with Crippen LogP contribution in [0.5, 0.6) is 5.75 Å². The SMILES string of the molecule is CCCCN1C(=O)C(CC(=O)Nc2ccc(OC)cc2[N+](=O)[O-])SC1=Nc1ccccc1. The molecule has 2 amide bonds. The fourth-order valence-electron chi connectivity index (χ4n) is 3.12. The number of nitro groups is 1. The summed E-state index contributed by atoms with van der Waals surface area (Å²) in [4.78, 5) is 42.6. The normalized spacial score (nSPS) is 16.9. The summed E-state index contributed by atoms with van der Waals surface area (Å²) in [5, 5.41) is 13.8. The van der Waals surface area contributed by atoms with Crippen molar-refractivity contribution in [1.82, 2.24) is 4.90 Å². The van der Waals surface area contributed by atoms with Crippen LogP contribution in [-0.2, 0) is 9.59 Å². The van der Waals surface area contributed by atoms with Crippen molar-refractivity contribution in [2.75, 3.05) is 19.0 Å². The van der Waals surface area contributed by atoms with E-state index >= 15 is 0 Å². The maximum atomic E-state index is 13.0. The molecule has 2 aromatic rings. The summed E-state index contributed by atoms with van der Waals surface area (Å²) < 4.78 is 5.01. The standard InChI is InChI=1S/C22H24N4O5S/c1-3-4-12-25-21(28)19(32-22(25)23-15-8-6-5-7-9-15)14-20(27)24-17-11-10-16(31-2)13-18(17)26(29)30/h5-11,13,19H,3-4,12,14H2,1-2H3,(H,24,27). The summed E-state index contributed by atoms with van der Waals surface area (Å²) in [6.45, 7) is 2.56. The lowest BCUT2D eigenvalue weighted by Gasteiger charge is -2.15. The van der Waals surface area contributed by atoms with Crippen molar-refractivity contribution in [3.05, 3.63) is 58.6 Å². The minimum absolute atomic E-state index is 0.0530. The number of ether oxygens (including phenoxy) is 1. The first kappa shape index (κ1) is 23.3. The van der Waals surface area contributed by atoms with Gasteiger partial charge in [0.1, 0.15) is 16.7 Å². The number of hydrogen-bond donors (Lipinski definition) is 1. The number of nitrogens with one attached hydrogen (secondary N) is 1. The van der Waals surface area contributed by atoms with Crippen LogP contribution in [0.15, 0.2) is 53.5 Å². The van der Waals surface area contributed by atoms with Crippen LogP contribution in [0, 0.1) is 10.1 Å². The molecule has 1 N–H and O–H groups in total. The number of amides is 2. The summed E-state index contributed by atoms with van der Waals surface area (Å²) in [7, 11) is 1.40. The molecule has 0 radical (unpaired) electrons. The van der Waals surface area contributed by atoms with Crippen molar-refractivity contribution in [3.63, 3.8) is 0 Å². The number of thioether (sulfide) groups is 1. The third kappa shape index (κ3) is 5.64. The molecule has 10 heteroatoms. The molecule has 2 aromatic carbocycles. The molecule has 32 heavy (non-hydrogen) atoms. The largest absolute Gasteiger partial charge is 0.496 e. The van der Waals surface area contributed by atoms with Gasteiger partial charge in [0.15, 0.2) is 5.17 Å². The van der Waals surface area contributed by atoms with E-state index in [-0.39, 0.29) is 23.7 Å². The molecule has 168 valence electrons. The zero-order valence-corrected chi connectivity index (χ0v) is 18.6. The van der Waals surface area contributed by atoms with Gasteiger partial charge < -0.3 is 10.1 Å². The smallest absolute Gasteiger partial charge is 0.296 e. The van der Waals surface area contributed by atoms with Crippen molar-refractivity contribution in [3.8, 4) is 5.75 Å². The van der Waals surface area contributed by atoms with Gasteiger partial charge in [-0.05, 0) is 30.7 Å². The van der Waals surface area contributed by atoms with Crippen LogP contribution in [0.25, 0.3) is 0 Å². The van der Waals surface area contributed by atoms with Gasteiger partial charge in [0.2, 0.25) is 11.8 Å². The Labute approximate surface area is 190 Å². The van der Waals surface area contributed by atoms with Gasteiger partial charge in [-0.3, -0.25) is 24.6 Å². The van der Waals surface area contributed by atoms with Gasteiger partial charge in [0.25, 0.3) is 5.69 Å². The molecule has 9 nitrogen and oxygen atoms in total. The van der Waals surface area contributed by atoms with Crippen molar-refractivity contribution in [2.24, 2.45) is 4.99 Å². The van der Waals surface area contributed by atoms with E-state index in [1.165, 1.54) is 37.1 Å². The van der Waals surface area contributed by atoms with Crippen LogP contribution in [0.3, 0.4) is 0 Å². The highest BCUT2D eigenvalue weighted by Crippen LogP contribution is 2.33. The second-order valence-electron chi connectivity index (χ2n) is 7.07. The highest BCUT2D eigenvalue weighted by atomic mass is 32.2. The van der Waals surface area contributed by atoms with E-state index in [2.05, 4.69) is 10.3 Å². The molecule has 0 spiro atoms. The maximum absolute atomic E-state index is 13.0. The van der Waals surface area contributed by atoms with Crippen LogP contribution in [0.2, 0.25) is 0 Å². The number of hydrogen-bond acceptors (Lipinski definition) is 7. The molecule has 1 aliphatic rings. The molecule has 1 saturated heterocycles. The van der Waals surface area contributed by atoms with Gasteiger partial charge in [-0.25, -0.2) is 4.99 Å². The first-order chi connectivity index (χ1) is 15.4. The molecule has 0 bridgehead atoms. The number of rotatable bonds is 9. The number of unbranched alkanes of at least 4 members (excludes halogenated alkanes) is 1. The van der Waals surface area contributed by atoms with Gasteiger partial charge in [-0.2, -0.15) is 0 Å². The Bertz CT molecular complexity index is 1030. The number of aliphatic imine (C=N–C) groups is 1. The van der Waals surface area contributed by atoms with Crippen LogP contribution < -0.4 is 10.1 Å². The average Bonchev–Trinajstić information content (AvgIpc) is 3.06. The van der Waals surface area contributed by atoms with Crippen LogP contribution in [0.4, 0.5) is 17.1 Å². The van der Waals surface area contributed by atoms with Gasteiger partial charge in [0.05, 0.1) is 23.8 Å².